The van der Waals surface area contributed by atoms with Gasteiger partial charge < -0.3 is 0 Å². The van der Waals surface area contributed by atoms with E-state index in [-0.39, 0.29) is 6.04 Å². The maximum atomic E-state index is 12.3. The summed E-state index contributed by atoms with van der Waals surface area (Å²) in [6.45, 7) is 2.43. The molecule has 0 radical (unpaired) electrons. The van der Waals surface area contributed by atoms with Crippen LogP contribution in [-0.2, 0) is 10.0 Å². The van der Waals surface area contributed by atoms with Crippen molar-refractivity contribution in [1.29, 1.82) is 0 Å². The molecule has 0 saturated carbocycles. The van der Waals surface area contributed by atoms with E-state index in [4.69, 9.17) is 11.6 Å². The van der Waals surface area contributed by atoms with Crippen molar-refractivity contribution in [3.05, 3.63) is 28.6 Å². The van der Waals surface area contributed by atoms with E-state index in [1.165, 1.54) is 4.31 Å². The predicted octanol–water partition coefficient (Wildman–Crippen LogP) is 2.74. The monoisotopic (exact) mass is 277 g/mol. The van der Waals surface area contributed by atoms with Gasteiger partial charge in [0.15, 0.2) is 0 Å². The van der Waals surface area contributed by atoms with Crippen LogP contribution in [-0.4, -0.2) is 25.3 Å². The van der Waals surface area contributed by atoms with Gasteiger partial charge in [-0.2, -0.15) is 4.31 Å². The molecule has 0 bridgehead atoms. The van der Waals surface area contributed by atoms with Gasteiger partial charge in [0.05, 0.1) is 4.34 Å². The second kappa shape index (κ2) is 4.49. The topological polar surface area (TPSA) is 37.4 Å². The highest BCUT2D eigenvalue weighted by Crippen LogP contribution is 2.30. The lowest BCUT2D eigenvalue weighted by molar-refractivity contribution is 0.404. The Balaban J connectivity index is 2.33. The zero-order valence-electron chi connectivity index (χ0n) is 8.76. The average molecular weight is 278 g/mol. The summed E-state index contributed by atoms with van der Waals surface area (Å²) in [5, 5.41) is 0. The number of halogens is 1. The van der Waals surface area contributed by atoms with Crippen molar-refractivity contribution >= 4 is 33.0 Å². The smallest absolute Gasteiger partial charge is 0.206 e. The number of nitrogens with zero attached hydrogens (tertiary/aromatic N) is 1. The quantitative estimate of drug-likeness (QED) is 0.797. The van der Waals surface area contributed by atoms with Gasteiger partial charge in [0.1, 0.15) is 4.21 Å². The van der Waals surface area contributed by atoms with Crippen molar-refractivity contribution in [1.82, 2.24) is 4.31 Å². The van der Waals surface area contributed by atoms with Gasteiger partial charge >= 0.3 is 0 Å². The minimum absolute atomic E-state index is 0.0223. The first kappa shape index (κ1) is 12.1. The molecule has 1 atom stereocenters. The van der Waals surface area contributed by atoms with Crippen molar-refractivity contribution in [2.75, 3.05) is 6.54 Å². The molecule has 0 aromatic carbocycles. The summed E-state index contributed by atoms with van der Waals surface area (Å²) in [5.41, 5.74) is 0. The van der Waals surface area contributed by atoms with Crippen molar-refractivity contribution in [2.45, 2.75) is 23.6 Å². The molecule has 88 valence electrons. The Morgan fingerprint density at radius 1 is 1.56 bits per heavy atom. The number of hydrogen-bond acceptors (Lipinski definition) is 3. The van der Waals surface area contributed by atoms with E-state index in [2.05, 4.69) is 0 Å². The molecule has 1 aromatic heterocycles. The SMILES string of the molecule is CCC1C=CCN1S(=O)(=O)c1ccc(Cl)s1. The van der Waals surface area contributed by atoms with Crippen LogP contribution in [0.1, 0.15) is 13.3 Å². The molecule has 2 rings (SSSR count). The Bertz CT molecular complexity index is 507. The van der Waals surface area contributed by atoms with Crippen molar-refractivity contribution in [3.63, 3.8) is 0 Å². The molecule has 0 amide bonds. The number of thiophene rings is 1. The second-order valence-electron chi connectivity index (χ2n) is 3.54. The first-order valence-electron chi connectivity index (χ1n) is 4.99. The highest BCUT2D eigenvalue weighted by molar-refractivity contribution is 7.91. The van der Waals surface area contributed by atoms with Crippen LogP contribution in [0, 0.1) is 0 Å². The van der Waals surface area contributed by atoms with E-state index in [1.54, 1.807) is 12.1 Å². The second-order valence-corrected chi connectivity index (χ2v) is 7.37. The third-order valence-electron chi connectivity index (χ3n) is 2.54. The summed E-state index contributed by atoms with van der Waals surface area (Å²) in [5.74, 6) is 0. The number of sulfonamides is 1. The lowest BCUT2D eigenvalue weighted by atomic mass is 10.2. The third-order valence-corrected chi connectivity index (χ3v) is 6.13. The summed E-state index contributed by atoms with van der Waals surface area (Å²) in [7, 11) is -3.37. The molecule has 0 fully saturated rings. The largest absolute Gasteiger partial charge is 0.253 e. The molecule has 16 heavy (non-hydrogen) atoms. The van der Waals surface area contributed by atoms with Crippen molar-refractivity contribution < 1.29 is 8.42 Å². The van der Waals surface area contributed by atoms with E-state index in [0.29, 0.717) is 15.1 Å². The third kappa shape index (κ3) is 2.05. The molecular weight excluding hydrogens is 266 g/mol. The number of hydrogen-bond donors (Lipinski definition) is 0. The molecule has 1 aliphatic rings. The summed E-state index contributed by atoms with van der Waals surface area (Å²) in [4.78, 5) is 0. The van der Waals surface area contributed by atoms with Gasteiger partial charge in [0.25, 0.3) is 10.0 Å². The highest BCUT2D eigenvalue weighted by atomic mass is 35.5. The van der Waals surface area contributed by atoms with Crippen LogP contribution in [0.4, 0.5) is 0 Å². The van der Waals surface area contributed by atoms with Gasteiger partial charge in [0.2, 0.25) is 0 Å². The Kier molecular flexibility index (Phi) is 3.39. The normalized spacial score (nSPS) is 21.8. The van der Waals surface area contributed by atoms with Gasteiger partial charge in [-0.25, -0.2) is 8.42 Å². The summed E-state index contributed by atoms with van der Waals surface area (Å²) in [6, 6.07) is 3.16. The van der Waals surface area contributed by atoms with Crippen LogP contribution in [0.25, 0.3) is 0 Å². The van der Waals surface area contributed by atoms with E-state index < -0.39 is 10.0 Å². The summed E-state index contributed by atoms with van der Waals surface area (Å²) >= 11 is 6.87. The maximum Gasteiger partial charge on any atom is 0.253 e. The Morgan fingerprint density at radius 3 is 2.88 bits per heavy atom. The van der Waals surface area contributed by atoms with Crippen molar-refractivity contribution in [3.8, 4) is 0 Å². The van der Waals surface area contributed by atoms with Gasteiger partial charge in [-0.3, -0.25) is 0 Å². The van der Waals surface area contributed by atoms with E-state index in [1.807, 2.05) is 19.1 Å². The van der Waals surface area contributed by atoms with E-state index >= 15 is 0 Å². The average Bonchev–Trinajstić information content (AvgIpc) is 2.85. The van der Waals surface area contributed by atoms with Crippen LogP contribution in [0.3, 0.4) is 0 Å². The van der Waals surface area contributed by atoms with Gasteiger partial charge in [-0.05, 0) is 18.6 Å². The molecule has 1 aliphatic heterocycles. The molecule has 6 heteroatoms. The molecule has 1 unspecified atom stereocenters. The highest BCUT2D eigenvalue weighted by Gasteiger charge is 2.32. The zero-order valence-corrected chi connectivity index (χ0v) is 11.1. The fourth-order valence-corrected chi connectivity index (χ4v) is 4.94. The maximum absolute atomic E-state index is 12.3. The van der Waals surface area contributed by atoms with Crippen LogP contribution < -0.4 is 0 Å². The molecule has 0 saturated heterocycles. The molecule has 3 nitrogen and oxygen atoms in total. The first-order chi connectivity index (χ1) is 7.55. The molecule has 0 N–H and O–H groups in total. The molecule has 2 heterocycles. The van der Waals surface area contributed by atoms with Crippen LogP contribution in [0.5, 0.6) is 0 Å². The fourth-order valence-electron chi connectivity index (χ4n) is 1.72. The van der Waals surface area contributed by atoms with Crippen molar-refractivity contribution in [2.24, 2.45) is 0 Å². The lowest BCUT2D eigenvalue weighted by Gasteiger charge is -2.21. The minimum atomic E-state index is -3.37. The molecule has 0 aliphatic carbocycles. The standard InChI is InChI=1S/C10H12ClNO2S2/c1-2-8-4-3-7-12(8)16(13,14)10-6-5-9(11)15-10/h3-6,8H,2,7H2,1H3. The lowest BCUT2D eigenvalue weighted by Crippen LogP contribution is -2.35. The van der Waals surface area contributed by atoms with E-state index in [0.717, 1.165) is 17.8 Å². The predicted molar refractivity (Wildman–Crippen MR) is 66.4 cm³/mol. The summed E-state index contributed by atoms with van der Waals surface area (Å²) < 4.78 is 26.8. The molecule has 1 aromatic rings. The fraction of sp³-hybridized carbons (Fsp3) is 0.400. The number of rotatable bonds is 3. The van der Waals surface area contributed by atoms with E-state index in [9.17, 15) is 8.42 Å². The van der Waals surface area contributed by atoms with Crippen LogP contribution in [0.15, 0.2) is 28.5 Å². The molecule has 0 spiro atoms. The van der Waals surface area contributed by atoms with Gasteiger partial charge in [0, 0.05) is 12.6 Å². The Labute approximate surface area is 104 Å². The first-order valence-corrected chi connectivity index (χ1v) is 7.63. The summed E-state index contributed by atoms with van der Waals surface area (Å²) in [6.07, 6.45) is 4.61. The minimum Gasteiger partial charge on any atom is -0.206 e. The zero-order chi connectivity index (χ0) is 11.8. The Morgan fingerprint density at radius 2 is 2.31 bits per heavy atom. The van der Waals surface area contributed by atoms with Gasteiger partial charge in [-0.15, -0.1) is 11.3 Å². The Hall–Kier alpha value is -0.360. The van der Waals surface area contributed by atoms with Crippen LogP contribution in [0.2, 0.25) is 4.34 Å². The van der Waals surface area contributed by atoms with Crippen LogP contribution >= 0.6 is 22.9 Å². The molecular formula is C10H12ClNO2S2. The van der Waals surface area contributed by atoms with Gasteiger partial charge in [-0.1, -0.05) is 30.7 Å².